The summed E-state index contributed by atoms with van der Waals surface area (Å²) in [7, 11) is 3.06. The predicted octanol–water partition coefficient (Wildman–Crippen LogP) is 2.76. The number of esters is 1. The summed E-state index contributed by atoms with van der Waals surface area (Å²) < 4.78 is 28.1. The van der Waals surface area contributed by atoms with Gasteiger partial charge in [0.25, 0.3) is 5.91 Å². The molecule has 0 aromatic heterocycles. The Labute approximate surface area is 162 Å². The Morgan fingerprint density at radius 1 is 1.04 bits per heavy atom. The van der Waals surface area contributed by atoms with Crippen LogP contribution in [0.5, 0.6) is 11.5 Å². The van der Waals surface area contributed by atoms with E-state index in [0.717, 1.165) is 11.1 Å². The third-order valence-electron chi connectivity index (χ3n) is 3.81. The van der Waals surface area contributed by atoms with Crippen molar-refractivity contribution in [3.05, 3.63) is 65.5 Å². The molecule has 0 saturated heterocycles. The van der Waals surface area contributed by atoms with Gasteiger partial charge in [-0.3, -0.25) is 4.79 Å². The van der Waals surface area contributed by atoms with Crippen LogP contribution in [0.15, 0.2) is 48.5 Å². The summed E-state index contributed by atoms with van der Waals surface area (Å²) in [5, 5.41) is 2.64. The normalized spacial score (nSPS) is 10.5. The quantitative estimate of drug-likeness (QED) is 0.529. The predicted molar refractivity (Wildman–Crippen MR) is 103 cm³/mol. The fraction of sp³-hybridized carbons (Fsp3) is 0.238. The third-order valence-corrected chi connectivity index (χ3v) is 3.81. The maximum atomic E-state index is 12.8. The molecule has 2 aromatic rings. The highest BCUT2D eigenvalue weighted by atomic mass is 19.1. The zero-order chi connectivity index (χ0) is 20.4. The minimum absolute atomic E-state index is 0.305. The number of carbonyl (C=O) groups excluding carboxylic acids is 2. The van der Waals surface area contributed by atoms with Crippen molar-refractivity contribution in [1.29, 1.82) is 0 Å². The van der Waals surface area contributed by atoms with Crippen molar-refractivity contribution in [2.24, 2.45) is 0 Å². The van der Waals surface area contributed by atoms with Gasteiger partial charge in [-0.2, -0.15) is 0 Å². The smallest absolute Gasteiger partial charge is 0.331 e. The Morgan fingerprint density at radius 2 is 1.75 bits per heavy atom. The van der Waals surface area contributed by atoms with Crippen LogP contribution >= 0.6 is 0 Å². The van der Waals surface area contributed by atoms with E-state index < -0.39 is 11.9 Å². The number of nitrogens with one attached hydrogen (secondary N) is 1. The lowest BCUT2D eigenvalue weighted by Crippen LogP contribution is -2.30. The number of halogens is 1. The zero-order valence-corrected chi connectivity index (χ0v) is 15.7. The Kier molecular flexibility index (Phi) is 8.02. The van der Waals surface area contributed by atoms with E-state index in [0.29, 0.717) is 24.5 Å². The van der Waals surface area contributed by atoms with Crippen LogP contribution in [0, 0.1) is 5.82 Å². The molecule has 6 nitrogen and oxygen atoms in total. The number of methoxy groups -OCH3 is 2. The fourth-order valence-electron chi connectivity index (χ4n) is 2.35. The molecule has 0 aliphatic carbocycles. The summed E-state index contributed by atoms with van der Waals surface area (Å²) >= 11 is 0. The number of benzene rings is 2. The van der Waals surface area contributed by atoms with Crippen LogP contribution in [0.1, 0.15) is 11.1 Å². The molecule has 0 aliphatic rings. The lowest BCUT2D eigenvalue weighted by molar-refractivity contribution is -0.143. The summed E-state index contributed by atoms with van der Waals surface area (Å²) in [6, 6.07) is 11.2. The van der Waals surface area contributed by atoms with E-state index in [1.807, 2.05) is 0 Å². The largest absolute Gasteiger partial charge is 0.493 e. The first kappa shape index (κ1) is 21.0. The second-order valence-corrected chi connectivity index (χ2v) is 5.78. The lowest BCUT2D eigenvalue weighted by atomic mass is 10.1. The van der Waals surface area contributed by atoms with Gasteiger partial charge in [-0.25, -0.2) is 9.18 Å². The molecular formula is C21H22FNO5. The van der Waals surface area contributed by atoms with Crippen LogP contribution in [-0.2, 0) is 20.7 Å². The van der Waals surface area contributed by atoms with Gasteiger partial charge in [-0.15, -0.1) is 0 Å². The zero-order valence-electron chi connectivity index (χ0n) is 15.7. The maximum absolute atomic E-state index is 12.8. The van der Waals surface area contributed by atoms with E-state index in [2.05, 4.69) is 5.32 Å². The molecule has 0 atom stereocenters. The molecule has 0 aliphatic heterocycles. The number of rotatable bonds is 9. The summed E-state index contributed by atoms with van der Waals surface area (Å²) in [5.41, 5.74) is 1.62. The molecule has 0 bridgehead atoms. The Balaban J connectivity index is 1.73. The molecule has 0 fully saturated rings. The maximum Gasteiger partial charge on any atom is 0.331 e. The molecule has 0 spiro atoms. The molecular weight excluding hydrogens is 365 g/mol. The summed E-state index contributed by atoms with van der Waals surface area (Å²) in [5.74, 6) is -0.225. The molecule has 148 valence electrons. The van der Waals surface area contributed by atoms with Crippen molar-refractivity contribution in [2.75, 3.05) is 27.4 Å². The molecule has 1 N–H and O–H groups in total. The molecule has 2 aromatic carbocycles. The summed E-state index contributed by atoms with van der Waals surface area (Å²) in [6.45, 7) is -0.0119. The summed E-state index contributed by atoms with van der Waals surface area (Å²) in [6.07, 6.45) is 3.34. The van der Waals surface area contributed by atoms with Crippen molar-refractivity contribution < 1.29 is 28.2 Å². The molecule has 2 rings (SSSR count). The van der Waals surface area contributed by atoms with Gasteiger partial charge in [0, 0.05) is 12.6 Å². The van der Waals surface area contributed by atoms with Crippen LogP contribution in [-0.4, -0.2) is 39.2 Å². The van der Waals surface area contributed by atoms with Gasteiger partial charge in [0.1, 0.15) is 5.82 Å². The monoisotopic (exact) mass is 387 g/mol. The van der Waals surface area contributed by atoms with Crippen LogP contribution in [0.3, 0.4) is 0 Å². The first-order chi connectivity index (χ1) is 13.5. The average Bonchev–Trinajstić information content (AvgIpc) is 2.71. The highest BCUT2D eigenvalue weighted by Crippen LogP contribution is 2.27. The standard InChI is InChI=1S/C21H22FNO5/c1-26-18-9-5-16(13-19(18)27-2)6-10-21(25)28-14-20(24)23-12-11-15-3-7-17(22)8-4-15/h3-10,13H,11-12,14H2,1-2H3,(H,23,24)/b10-6+. The number of hydrogen-bond acceptors (Lipinski definition) is 5. The Hall–Kier alpha value is -3.35. The highest BCUT2D eigenvalue weighted by molar-refractivity contribution is 5.89. The average molecular weight is 387 g/mol. The molecule has 1 amide bonds. The van der Waals surface area contributed by atoms with Gasteiger partial charge in [0.15, 0.2) is 18.1 Å². The number of amides is 1. The highest BCUT2D eigenvalue weighted by Gasteiger charge is 2.06. The second-order valence-electron chi connectivity index (χ2n) is 5.78. The van der Waals surface area contributed by atoms with Gasteiger partial charge in [-0.05, 0) is 47.9 Å². The fourth-order valence-corrected chi connectivity index (χ4v) is 2.35. The van der Waals surface area contributed by atoms with Crippen molar-refractivity contribution >= 4 is 18.0 Å². The topological polar surface area (TPSA) is 73.9 Å². The van der Waals surface area contributed by atoms with E-state index in [-0.39, 0.29) is 12.4 Å². The first-order valence-corrected chi connectivity index (χ1v) is 8.60. The van der Waals surface area contributed by atoms with Gasteiger partial charge < -0.3 is 19.5 Å². The molecule has 0 heterocycles. The minimum Gasteiger partial charge on any atom is -0.493 e. The number of carbonyl (C=O) groups is 2. The Morgan fingerprint density at radius 3 is 2.43 bits per heavy atom. The van der Waals surface area contributed by atoms with Crippen molar-refractivity contribution in [3.63, 3.8) is 0 Å². The molecule has 0 saturated carbocycles. The number of hydrogen-bond donors (Lipinski definition) is 1. The summed E-state index contributed by atoms with van der Waals surface area (Å²) in [4.78, 5) is 23.5. The van der Waals surface area contributed by atoms with E-state index in [1.165, 1.54) is 32.4 Å². The van der Waals surface area contributed by atoms with Crippen LogP contribution in [0.4, 0.5) is 4.39 Å². The number of ether oxygens (including phenoxy) is 3. The van der Waals surface area contributed by atoms with Crippen LogP contribution in [0.2, 0.25) is 0 Å². The van der Waals surface area contributed by atoms with Crippen LogP contribution in [0.25, 0.3) is 6.08 Å². The van der Waals surface area contributed by atoms with E-state index in [9.17, 15) is 14.0 Å². The van der Waals surface area contributed by atoms with Crippen LogP contribution < -0.4 is 14.8 Å². The Bertz CT molecular complexity index is 833. The van der Waals surface area contributed by atoms with Gasteiger partial charge in [0.05, 0.1) is 14.2 Å². The lowest BCUT2D eigenvalue weighted by Gasteiger charge is -2.07. The third kappa shape index (κ3) is 6.75. The second kappa shape index (κ2) is 10.7. The molecule has 7 heteroatoms. The first-order valence-electron chi connectivity index (χ1n) is 8.60. The van der Waals surface area contributed by atoms with E-state index in [4.69, 9.17) is 14.2 Å². The van der Waals surface area contributed by atoms with Crippen molar-refractivity contribution in [2.45, 2.75) is 6.42 Å². The van der Waals surface area contributed by atoms with Crippen molar-refractivity contribution in [1.82, 2.24) is 5.32 Å². The van der Waals surface area contributed by atoms with Gasteiger partial charge in [0.2, 0.25) is 0 Å². The molecule has 28 heavy (non-hydrogen) atoms. The molecule has 0 unspecified atom stereocenters. The molecule has 0 radical (unpaired) electrons. The minimum atomic E-state index is -0.636. The SMILES string of the molecule is COc1ccc(/C=C/C(=O)OCC(=O)NCCc2ccc(F)cc2)cc1OC. The van der Waals surface area contributed by atoms with Gasteiger partial charge >= 0.3 is 5.97 Å². The van der Waals surface area contributed by atoms with Gasteiger partial charge in [-0.1, -0.05) is 18.2 Å². The van der Waals surface area contributed by atoms with Crippen molar-refractivity contribution in [3.8, 4) is 11.5 Å². The van der Waals surface area contributed by atoms with E-state index >= 15 is 0 Å². The van der Waals surface area contributed by atoms with E-state index in [1.54, 1.807) is 36.4 Å².